The van der Waals surface area contributed by atoms with Crippen molar-refractivity contribution >= 4 is 11.8 Å². The van der Waals surface area contributed by atoms with E-state index in [1.165, 1.54) is 11.8 Å². The lowest BCUT2D eigenvalue weighted by Crippen LogP contribution is -2.58. The van der Waals surface area contributed by atoms with E-state index in [9.17, 15) is 35.9 Å². The molecule has 4 nitrogen and oxygen atoms in total. The first-order chi connectivity index (χ1) is 12.5. The average molecular weight is 394 g/mol. The van der Waals surface area contributed by atoms with Crippen LogP contribution in [0.5, 0.6) is 0 Å². The van der Waals surface area contributed by atoms with Crippen LogP contribution in [0.3, 0.4) is 0 Å². The molecule has 1 heterocycles. The Morgan fingerprint density at radius 1 is 1.07 bits per heavy atom. The number of amides is 2. The molecule has 0 unspecified atom stereocenters. The van der Waals surface area contributed by atoms with E-state index in [0.29, 0.717) is 12.1 Å². The highest BCUT2D eigenvalue weighted by Gasteiger charge is 2.69. The summed E-state index contributed by atoms with van der Waals surface area (Å²) in [4.78, 5) is 27.0. The van der Waals surface area contributed by atoms with Gasteiger partial charge in [-0.25, -0.2) is 13.2 Å². The van der Waals surface area contributed by atoms with Crippen molar-refractivity contribution in [3.05, 3.63) is 35.1 Å². The number of rotatable bonds is 2. The van der Waals surface area contributed by atoms with Crippen LogP contribution in [-0.2, 0) is 4.79 Å². The summed E-state index contributed by atoms with van der Waals surface area (Å²) in [5.41, 5.74) is -2.74. The van der Waals surface area contributed by atoms with Gasteiger partial charge in [-0.2, -0.15) is 13.2 Å². The molecule has 1 aliphatic carbocycles. The van der Waals surface area contributed by atoms with Crippen molar-refractivity contribution in [2.45, 2.75) is 32.0 Å². The third-order valence-electron chi connectivity index (χ3n) is 5.11. The summed E-state index contributed by atoms with van der Waals surface area (Å²) in [6, 6.07) is 0.456. The highest BCUT2D eigenvalue weighted by molar-refractivity contribution is 5.95. The van der Waals surface area contributed by atoms with Gasteiger partial charge in [0.2, 0.25) is 5.91 Å². The number of benzene rings is 1. The minimum absolute atomic E-state index is 0.0969. The van der Waals surface area contributed by atoms with Gasteiger partial charge in [0.05, 0.1) is 0 Å². The molecule has 1 saturated heterocycles. The Morgan fingerprint density at radius 3 is 2.07 bits per heavy atom. The van der Waals surface area contributed by atoms with Crippen molar-refractivity contribution in [2.75, 3.05) is 19.6 Å². The van der Waals surface area contributed by atoms with Gasteiger partial charge in [-0.1, -0.05) is 0 Å². The van der Waals surface area contributed by atoms with Crippen molar-refractivity contribution < 1.29 is 35.9 Å². The third kappa shape index (κ3) is 3.25. The molecule has 0 radical (unpaired) electrons. The monoisotopic (exact) mass is 394 g/mol. The molecule has 1 aromatic rings. The van der Waals surface area contributed by atoms with Gasteiger partial charge in [-0.3, -0.25) is 9.59 Å². The highest BCUT2D eigenvalue weighted by atomic mass is 19.4. The standard InChI is InChI=1S/C17H16F6N2O2/c1-9-8-24(15(27)16(2-3-16)17(21,22)23)4-5-25(9)14(26)10-6-11(18)13(20)12(19)7-10/h6-7,9H,2-5,8H2,1H3/t9-/m0/s1. The highest BCUT2D eigenvalue weighted by Crippen LogP contribution is 2.58. The number of carbonyl (C=O) groups excluding carboxylic acids is 2. The van der Waals surface area contributed by atoms with Crippen LogP contribution < -0.4 is 0 Å². The first kappa shape index (κ1) is 19.5. The Labute approximate surface area is 150 Å². The topological polar surface area (TPSA) is 40.6 Å². The lowest BCUT2D eigenvalue weighted by Gasteiger charge is -2.41. The Kier molecular flexibility index (Phi) is 4.63. The predicted octanol–water partition coefficient (Wildman–Crippen LogP) is 3.12. The predicted molar refractivity (Wildman–Crippen MR) is 81.1 cm³/mol. The maximum absolute atomic E-state index is 13.3. The number of nitrogens with zero attached hydrogens (tertiary/aromatic N) is 2. The number of piperazine rings is 1. The fourth-order valence-corrected chi connectivity index (χ4v) is 3.33. The molecule has 10 heteroatoms. The molecule has 1 aliphatic heterocycles. The van der Waals surface area contributed by atoms with Crippen molar-refractivity contribution in [2.24, 2.45) is 5.41 Å². The maximum atomic E-state index is 13.3. The van der Waals surface area contributed by atoms with Gasteiger partial charge >= 0.3 is 6.18 Å². The summed E-state index contributed by atoms with van der Waals surface area (Å²) in [5, 5.41) is 0. The second-order valence-electron chi connectivity index (χ2n) is 6.93. The summed E-state index contributed by atoms with van der Waals surface area (Å²) in [5.74, 6) is -6.52. The Morgan fingerprint density at radius 2 is 1.63 bits per heavy atom. The molecule has 27 heavy (non-hydrogen) atoms. The molecular formula is C17H16F6N2O2. The van der Waals surface area contributed by atoms with Gasteiger partial charge in [0.25, 0.3) is 5.91 Å². The van der Waals surface area contributed by atoms with Crippen molar-refractivity contribution in [3.8, 4) is 0 Å². The molecule has 1 atom stereocenters. The largest absolute Gasteiger partial charge is 0.403 e. The first-order valence-electron chi connectivity index (χ1n) is 8.29. The van der Waals surface area contributed by atoms with Crippen molar-refractivity contribution in [1.29, 1.82) is 0 Å². The molecule has 1 saturated carbocycles. The Bertz CT molecular complexity index is 767. The second-order valence-corrected chi connectivity index (χ2v) is 6.93. The van der Waals surface area contributed by atoms with E-state index in [4.69, 9.17) is 0 Å². The lowest BCUT2D eigenvalue weighted by atomic mass is 10.0. The van der Waals surface area contributed by atoms with Crippen LogP contribution in [0.1, 0.15) is 30.1 Å². The van der Waals surface area contributed by atoms with Crippen molar-refractivity contribution in [3.63, 3.8) is 0 Å². The van der Waals surface area contributed by atoms with Gasteiger partial charge in [-0.15, -0.1) is 0 Å². The number of halogens is 6. The average Bonchev–Trinajstić information content (AvgIpc) is 3.39. The molecule has 0 spiro atoms. The van der Waals surface area contributed by atoms with Crippen LogP contribution in [0, 0.1) is 22.9 Å². The lowest BCUT2D eigenvalue weighted by molar-refractivity contribution is -0.199. The minimum atomic E-state index is -4.62. The van der Waals surface area contributed by atoms with E-state index in [1.807, 2.05) is 0 Å². The molecule has 2 fully saturated rings. The van der Waals surface area contributed by atoms with Crippen LogP contribution in [0.4, 0.5) is 26.3 Å². The van der Waals surface area contributed by atoms with E-state index >= 15 is 0 Å². The minimum Gasteiger partial charge on any atom is -0.338 e. The fourth-order valence-electron chi connectivity index (χ4n) is 3.33. The summed E-state index contributed by atoms with van der Waals surface area (Å²) >= 11 is 0. The molecule has 148 valence electrons. The summed E-state index contributed by atoms with van der Waals surface area (Å²) < 4.78 is 79.1. The maximum Gasteiger partial charge on any atom is 0.403 e. The Balaban J connectivity index is 1.72. The Hall–Kier alpha value is -2.26. The summed E-state index contributed by atoms with van der Waals surface area (Å²) in [6.07, 6.45) is -5.13. The first-order valence-corrected chi connectivity index (χ1v) is 8.29. The van der Waals surface area contributed by atoms with E-state index in [1.54, 1.807) is 0 Å². The van der Waals surface area contributed by atoms with E-state index in [2.05, 4.69) is 0 Å². The molecule has 2 amide bonds. The number of hydrogen-bond donors (Lipinski definition) is 0. The number of carbonyl (C=O) groups is 2. The zero-order valence-electron chi connectivity index (χ0n) is 14.2. The summed E-state index contributed by atoms with van der Waals surface area (Å²) in [6.45, 7) is 1.16. The van der Waals surface area contributed by atoms with Crippen molar-refractivity contribution in [1.82, 2.24) is 9.80 Å². The zero-order chi connectivity index (χ0) is 20.1. The quantitative estimate of drug-likeness (QED) is 0.571. The SMILES string of the molecule is C[C@H]1CN(C(=O)C2(C(F)(F)F)CC2)CCN1C(=O)c1cc(F)c(F)c(F)c1. The normalized spacial score (nSPS) is 22.0. The van der Waals surface area contributed by atoms with Gasteiger partial charge in [-0.05, 0) is 31.9 Å². The molecule has 0 bridgehead atoms. The van der Waals surface area contributed by atoms with Crippen LogP contribution in [0.15, 0.2) is 12.1 Å². The molecule has 0 N–H and O–H groups in total. The van der Waals surface area contributed by atoms with Gasteiger partial charge in [0, 0.05) is 31.2 Å². The van der Waals surface area contributed by atoms with E-state index in [-0.39, 0.29) is 32.5 Å². The third-order valence-corrected chi connectivity index (χ3v) is 5.11. The van der Waals surface area contributed by atoms with E-state index in [0.717, 1.165) is 4.90 Å². The second kappa shape index (κ2) is 6.42. The zero-order valence-corrected chi connectivity index (χ0v) is 14.2. The van der Waals surface area contributed by atoms with Gasteiger partial charge in [0.1, 0.15) is 5.41 Å². The molecule has 0 aromatic heterocycles. The van der Waals surface area contributed by atoms with Crippen LogP contribution in [0.25, 0.3) is 0 Å². The number of hydrogen-bond acceptors (Lipinski definition) is 2. The molecule has 3 rings (SSSR count). The van der Waals surface area contributed by atoms with Crippen LogP contribution in [-0.4, -0.2) is 53.5 Å². The molecule has 1 aromatic carbocycles. The van der Waals surface area contributed by atoms with Gasteiger partial charge < -0.3 is 9.80 Å². The molecular weight excluding hydrogens is 378 g/mol. The van der Waals surface area contributed by atoms with Crippen LogP contribution in [0.2, 0.25) is 0 Å². The summed E-state index contributed by atoms with van der Waals surface area (Å²) in [7, 11) is 0. The number of alkyl halides is 3. The van der Waals surface area contributed by atoms with E-state index < -0.39 is 52.5 Å². The fraction of sp³-hybridized carbons (Fsp3) is 0.529. The molecule has 2 aliphatic rings. The van der Waals surface area contributed by atoms with Crippen LogP contribution >= 0.6 is 0 Å². The van der Waals surface area contributed by atoms with Gasteiger partial charge in [0.15, 0.2) is 17.5 Å². The smallest absolute Gasteiger partial charge is 0.338 e.